The summed E-state index contributed by atoms with van der Waals surface area (Å²) in [5.74, 6) is -1.76. The minimum atomic E-state index is -0.927. The summed E-state index contributed by atoms with van der Waals surface area (Å²) in [6, 6.07) is 14.6. The number of anilines is 1. The van der Waals surface area contributed by atoms with E-state index in [0.717, 1.165) is 11.6 Å². The molecule has 0 radical (unpaired) electrons. The lowest BCUT2D eigenvalue weighted by Gasteiger charge is -2.19. The number of amides is 1. The Morgan fingerprint density at radius 3 is 2.52 bits per heavy atom. The number of aromatic nitrogens is 1. The molecule has 0 unspecified atom stereocenters. The van der Waals surface area contributed by atoms with Gasteiger partial charge in [0.25, 0.3) is 5.91 Å². The SMILES string of the molecule is CC(C)(C)c1ccc(NC(=O)/C(F)=C\c2c[nH]c3cccc(C#N)c23)cc1. The molecule has 136 valence electrons. The third kappa shape index (κ3) is 3.90. The summed E-state index contributed by atoms with van der Waals surface area (Å²) in [6.07, 6.45) is 2.72. The van der Waals surface area contributed by atoms with E-state index in [-0.39, 0.29) is 5.41 Å². The van der Waals surface area contributed by atoms with Gasteiger partial charge in [-0.1, -0.05) is 39.0 Å². The number of nitrogens with one attached hydrogen (secondary N) is 2. The second-order valence-electron chi connectivity index (χ2n) is 7.36. The van der Waals surface area contributed by atoms with E-state index in [0.29, 0.717) is 27.7 Å². The summed E-state index contributed by atoms with van der Waals surface area (Å²) < 4.78 is 14.4. The molecule has 2 N–H and O–H groups in total. The van der Waals surface area contributed by atoms with Crippen molar-refractivity contribution in [1.82, 2.24) is 4.98 Å². The highest BCUT2D eigenvalue weighted by molar-refractivity contribution is 6.06. The van der Waals surface area contributed by atoms with Gasteiger partial charge in [0.15, 0.2) is 5.83 Å². The summed E-state index contributed by atoms with van der Waals surface area (Å²) in [7, 11) is 0. The second-order valence-corrected chi connectivity index (χ2v) is 7.36. The third-order valence-corrected chi connectivity index (χ3v) is 4.36. The molecule has 4 nitrogen and oxygen atoms in total. The lowest BCUT2D eigenvalue weighted by atomic mass is 9.87. The predicted molar refractivity (Wildman–Crippen MR) is 106 cm³/mol. The molecule has 0 aliphatic rings. The molecular weight excluding hydrogens is 341 g/mol. The van der Waals surface area contributed by atoms with Gasteiger partial charge in [-0.15, -0.1) is 0 Å². The standard InChI is InChI=1S/C22H20FN3O/c1-22(2,3)16-7-9-17(10-8-16)26-21(27)18(23)11-15-13-25-19-6-4-5-14(12-24)20(15)19/h4-11,13,25H,1-3H3,(H,26,27)/b18-11+. The van der Waals surface area contributed by atoms with Gasteiger partial charge in [-0.25, -0.2) is 4.39 Å². The van der Waals surface area contributed by atoms with E-state index >= 15 is 0 Å². The molecule has 0 aliphatic carbocycles. The van der Waals surface area contributed by atoms with Gasteiger partial charge in [0.1, 0.15) is 0 Å². The van der Waals surface area contributed by atoms with Gasteiger partial charge < -0.3 is 10.3 Å². The molecule has 0 spiro atoms. The van der Waals surface area contributed by atoms with Crippen molar-refractivity contribution < 1.29 is 9.18 Å². The van der Waals surface area contributed by atoms with Gasteiger partial charge in [0, 0.05) is 28.4 Å². The van der Waals surface area contributed by atoms with Gasteiger partial charge in [0.2, 0.25) is 0 Å². The van der Waals surface area contributed by atoms with Crippen LogP contribution in [0.15, 0.2) is 54.5 Å². The average molecular weight is 361 g/mol. The van der Waals surface area contributed by atoms with Crippen LogP contribution in [0.2, 0.25) is 0 Å². The van der Waals surface area contributed by atoms with Crippen molar-refractivity contribution in [2.75, 3.05) is 5.32 Å². The van der Waals surface area contributed by atoms with Gasteiger partial charge in [-0.05, 0) is 41.3 Å². The Morgan fingerprint density at radius 1 is 1.19 bits per heavy atom. The molecule has 1 heterocycles. The number of hydrogen-bond donors (Lipinski definition) is 2. The lowest BCUT2D eigenvalue weighted by Crippen LogP contribution is -2.13. The highest BCUT2D eigenvalue weighted by atomic mass is 19.1. The maximum Gasteiger partial charge on any atom is 0.284 e. The maximum absolute atomic E-state index is 14.4. The smallest absolute Gasteiger partial charge is 0.284 e. The Labute approximate surface area is 157 Å². The van der Waals surface area contributed by atoms with Crippen molar-refractivity contribution in [3.8, 4) is 6.07 Å². The van der Waals surface area contributed by atoms with Crippen LogP contribution in [0.4, 0.5) is 10.1 Å². The number of H-pyrrole nitrogens is 1. The van der Waals surface area contributed by atoms with E-state index in [1.807, 2.05) is 12.1 Å². The number of rotatable bonds is 3. The number of hydrogen-bond acceptors (Lipinski definition) is 2. The molecule has 0 fully saturated rings. The molecule has 5 heteroatoms. The van der Waals surface area contributed by atoms with Crippen LogP contribution < -0.4 is 5.32 Å². The quantitative estimate of drug-likeness (QED) is 0.623. The highest BCUT2D eigenvalue weighted by Gasteiger charge is 2.15. The van der Waals surface area contributed by atoms with Gasteiger partial charge in [-0.2, -0.15) is 5.26 Å². The fourth-order valence-corrected chi connectivity index (χ4v) is 2.86. The Balaban J connectivity index is 1.83. The van der Waals surface area contributed by atoms with Crippen LogP contribution in [0.3, 0.4) is 0 Å². The number of benzene rings is 2. The van der Waals surface area contributed by atoms with Crippen molar-refractivity contribution in [3.63, 3.8) is 0 Å². The van der Waals surface area contributed by atoms with E-state index in [4.69, 9.17) is 0 Å². The largest absolute Gasteiger partial charge is 0.361 e. The number of aromatic amines is 1. The van der Waals surface area contributed by atoms with Crippen LogP contribution in [0.1, 0.15) is 37.5 Å². The number of nitriles is 1. The highest BCUT2D eigenvalue weighted by Crippen LogP contribution is 2.26. The van der Waals surface area contributed by atoms with Gasteiger partial charge in [-0.3, -0.25) is 4.79 Å². The van der Waals surface area contributed by atoms with E-state index in [1.54, 1.807) is 36.5 Å². The zero-order valence-corrected chi connectivity index (χ0v) is 15.4. The molecule has 3 aromatic rings. The van der Waals surface area contributed by atoms with Crippen molar-refractivity contribution in [3.05, 3.63) is 71.2 Å². The van der Waals surface area contributed by atoms with Gasteiger partial charge in [0.05, 0.1) is 11.6 Å². The molecule has 2 aromatic carbocycles. The van der Waals surface area contributed by atoms with Crippen LogP contribution in [0.25, 0.3) is 17.0 Å². The number of nitrogens with zero attached hydrogens (tertiary/aromatic N) is 1. The van der Waals surface area contributed by atoms with Crippen LogP contribution in [0.5, 0.6) is 0 Å². The minimum absolute atomic E-state index is 0.00147. The van der Waals surface area contributed by atoms with Crippen LogP contribution in [-0.2, 0) is 10.2 Å². The lowest BCUT2D eigenvalue weighted by molar-refractivity contribution is -0.114. The molecule has 0 saturated heterocycles. The van der Waals surface area contributed by atoms with E-state index in [9.17, 15) is 14.4 Å². The molecule has 27 heavy (non-hydrogen) atoms. The van der Waals surface area contributed by atoms with Crippen LogP contribution in [0, 0.1) is 11.3 Å². The summed E-state index contributed by atoms with van der Waals surface area (Å²) >= 11 is 0. The zero-order valence-electron chi connectivity index (χ0n) is 15.4. The molecular formula is C22H20FN3O. The average Bonchev–Trinajstić information content (AvgIpc) is 3.04. The number of fused-ring (bicyclic) bond motifs is 1. The molecule has 1 amide bonds. The number of carbonyl (C=O) groups is 1. The first-order chi connectivity index (χ1) is 12.8. The van der Waals surface area contributed by atoms with Gasteiger partial charge >= 0.3 is 0 Å². The first kappa shape index (κ1) is 18.4. The molecule has 1 aromatic heterocycles. The summed E-state index contributed by atoms with van der Waals surface area (Å²) in [4.78, 5) is 15.2. The predicted octanol–water partition coefficient (Wildman–Crippen LogP) is 5.29. The van der Waals surface area contributed by atoms with E-state index < -0.39 is 11.7 Å². The summed E-state index contributed by atoms with van der Waals surface area (Å²) in [5.41, 5.74) is 3.24. The summed E-state index contributed by atoms with van der Waals surface area (Å²) in [5, 5.41) is 12.4. The Morgan fingerprint density at radius 2 is 1.89 bits per heavy atom. The van der Waals surface area contributed by atoms with Crippen molar-refractivity contribution >= 4 is 28.6 Å². The zero-order chi connectivity index (χ0) is 19.6. The first-order valence-corrected chi connectivity index (χ1v) is 8.59. The van der Waals surface area contributed by atoms with E-state index in [2.05, 4.69) is 37.1 Å². The Hall–Kier alpha value is -3.39. The van der Waals surface area contributed by atoms with Crippen LogP contribution in [-0.4, -0.2) is 10.9 Å². The molecule has 0 aliphatic heterocycles. The van der Waals surface area contributed by atoms with Crippen molar-refractivity contribution in [2.24, 2.45) is 0 Å². The topological polar surface area (TPSA) is 68.7 Å². The minimum Gasteiger partial charge on any atom is -0.361 e. The van der Waals surface area contributed by atoms with Crippen LogP contribution >= 0.6 is 0 Å². The Kier molecular flexibility index (Phi) is 4.83. The van der Waals surface area contributed by atoms with Crippen molar-refractivity contribution in [1.29, 1.82) is 5.26 Å². The van der Waals surface area contributed by atoms with E-state index in [1.165, 1.54) is 0 Å². The normalized spacial score (nSPS) is 12.0. The fraction of sp³-hybridized carbons (Fsp3) is 0.182. The fourth-order valence-electron chi connectivity index (χ4n) is 2.86. The molecule has 0 saturated carbocycles. The number of carbonyl (C=O) groups excluding carboxylic acids is 1. The second kappa shape index (κ2) is 7.08. The number of halogens is 1. The molecule has 3 rings (SSSR count). The molecule has 0 atom stereocenters. The summed E-state index contributed by atoms with van der Waals surface area (Å²) in [6.45, 7) is 6.29. The monoisotopic (exact) mass is 361 g/mol. The first-order valence-electron chi connectivity index (χ1n) is 8.59. The maximum atomic E-state index is 14.4. The third-order valence-electron chi connectivity index (χ3n) is 4.36. The molecule has 0 bridgehead atoms. The van der Waals surface area contributed by atoms with Crippen molar-refractivity contribution in [2.45, 2.75) is 26.2 Å². The Bertz CT molecular complexity index is 1060.